The van der Waals surface area contributed by atoms with Gasteiger partial charge in [0.05, 0.1) is 6.54 Å². The largest absolute Gasteiger partial charge is 0.370 e. The summed E-state index contributed by atoms with van der Waals surface area (Å²) >= 11 is 1.22. The first-order valence-corrected chi connectivity index (χ1v) is 9.54. The van der Waals surface area contributed by atoms with Crippen molar-refractivity contribution in [2.75, 3.05) is 11.6 Å². The van der Waals surface area contributed by atoms with Crippen molar-refractivity contribution >= 4 is 32.8 Å². The van der Waals surface area contributed by atoms with E-state index in [1.807, 2.05) is 18.2 Å². The third kappa shape index (κ3) is 4.57. The number of hydrogen-bond acceptors (Lipinski definition) is 4. The van der Waals surface area contributed by atoms with Crippen molar-refractivity contribution < 1.29 is 8.42 Å². The van der Waals surface area contributed by atoms with Gasteiger partial charge in [0.25, 0.3) is 0 Å². The maximum absolute atomic E-state index is 11.4. The number of hydrogen-bond donors (Lipinski definition) is 2. The third-order valence-corrected chi connectivity index (χ3v) is 5.91. The van der Waals surface area contributed by atoms with E-state index >= 15 is 0 Å². The van der Waals surface area contributed by atoms with Crippen molar-refractivity contribution in [1.29, 1.82) is 0 Å². The van der Waals surface area contributed by atoms with Gasteiger partial charge in [-0.1, -0.05) is 19.1 Å². The highest BCUT2D eigenvalue weighted by molar-refractivity contribution is 7.92. The van der Waals surface area contributed by atoms with Crippen LogP contribution in [0.1, 0.15) is 17.4 Å². The zero-order valence-corrected chi connectivity index (χ0v) is 14.2. The molecule has 0 saturated heterocycles. The van der Waals surface area contributed by atoms with Crippen LogP contribution in [0.5, 0.6) is 0 Å². The molecule has 7 heteroatoms. The first-order valence-electron chi connectivity index (χ1n) is 6.83. The lowest BCUT2D eigenvalue weighted by Gasteiger charge is -2.06. The second-order valence-electron chi connectivity index (χ2n) is 4.87. The van der Waals surface area contributed by atoms with E-state index in [2.05, 4.69) is 23.3 Å². The van der Waals surface area contributed by atoms with Crippen LogP contribution >= 0.6 is 11.3 Å². The van der Waals surface area contributed by atoms with Gasteiger partial charge in [-0.05, 0) is 36.2 Å². The second-order valence-corrected chi connectivity index (χ2v) is 8.28. The van der Waals surface area contributed by atoms with Gasteiger partial charge in [-0.15, -0.1) is 11.3 Å². The minimum absolute atomic E-state index is 0.308. The second kappa shape index (κ2) is 6.93. The van der Waals surface area contributed by atoms with Crippen molar-refractivity contribution in [3.8, 4) is 0 Å². The molecule has 0 aliphatic rings. The number of rotatable bonds is 5. The van der Waals surface area contributed by atoms with E-state index in [0.717, 1.165) is 17.0 Å². The Labute approximate surface area is 134 Å². The van der Waals surface area contributed by atoms with Gasteiger partial charge in [0.15, 0.2) is 15.8 Å². The number of nitrogens with two attached hydrogens (primary N) is 1. The zero-order chi connectivity index (χ0) is 16.2. The fourth-order valence-electron chi connectivity index (χ4n) is 1.86. The molecule has 118 valence electrons. The Morgan fingerprint density at radius 2 is 2.09 bits per heavy atom. The topological polar surface area (TPSA) is 84.5 Å². The van der Waals surface area contributed by atoms with Crippen molar-refractivity contribution in [3.05, 3.63) is 46.8 Å². The average Bonchev–Trinajstić information content (AvgIpc) is 2.94. The maximum Gasteiger partial charge on any atom is 0.193 e. The van der Waals surface area contributed by atoms with Crippen LogP contribution in [0.4, 0.5) is 5.69 Å². The van der Waals surface area contributed by atoms with Gasteiger partial charge in [0, 0.05) is 16.8 Å². The first kappa shape index (κ1) is 16.5. The number of anilines is 1. The van der Waals surface area contributed by atoms with Gasteiger partial charge >= 0.3 is 0 Å². The van der Waals surface area contributed by atoms with Gasteiger partial charge in [0.1, 0.15) is 4.21 Å². The Balaban J connectivity index is 2.02. The van der Waals surface area contributed by atoms with Crippen LogP contribution in [0.15, 0.2) is 45.6 Å². The summed E-state index contributed by atoms with van der Waals surface area (Å²) in [6, 6.07) is 11.3. The molecule has 0 aliphatic heterocycles. The Hall–Kier alpha value is -1.86. The number of sulfone groups is 1. The molecular weight excluding hydrogens is 318 g/mol. The summed E-state index contributed by atoms with van der Waals surface area (Å²) in [6.07, 6.45) is 2.15. The normalized spacial score (nSPS) is 12.4. The monoisotopic (exact) mass is 337 g/mol. The van der Waals surface area contributed by atoms with E-state index in [1.54, 1.807) is 12.1 Å². The lowest BCUT2D eigenvalue weighted by Crippen LogP contribution is -2.22. The molecule has 0 amide bonds. The molecule has 0 aliphatic carbocycles. The summed E-state index contributed by atoms with van der Waals surface area (Å²) in [5, 5.41) is 3.04. The van der Waals surface area contributed by atoms with Crippen LogP contribution in [0, 0.1) is 0 Å². The molecule has 0 atom stereocenters. The van der Waals surface area contributed by atoms with Gasteiger partial charge in [-0.25, -0.2) is 13.4 Å². The van der Waals surface area contributed by atoms with Crippen LogP contribution in [-0.2, 0) is 22.8 Å². The maximum atomic E-state index is 11.4. The van der Waals surface area contributed by atoms with Gasteiger partial charge in [-0.2, -0.15) is 0 Å². The van der Waals surface area contributed by atoms with Crippen LogP contribution in [-0.4, -0.2) is 20.6 Å². The molecule has 2 aromatic rings. The fourth-order valence-corrected chi connectivity index (χ4v) is 3.76. The van der Waals surface area contributed by atoms with Crippen molar-refractivity contribution in [2.24, 2.45) is 10.7 Å². The summed E-state index contributed by atoms with van der Waals surface area (Å²) in [5.74, 6) is 0.308. The molecule has 1 aromatic carbocycles. The standard InChI is InChI=1S/C15H19N3O2S2/c1-3-11-5-4-6-12(9-11)18-15(16)17-10-13-7-8-14(21-13)22(2,19)20/h4-9H,3,10H2,1-2H3,(H3,16,17,18). The van der Waals surface area contributed by atoms with Crippen LogP contribution in [0.25, 0.3) is 0 Å². The van der Waals surface area contributed by atoms with E-state index in [0.29, 0.717) is 16.7 Å². The van der Waals surface area contributed by atoms with Gasteiger partial charge in [0.2, 0.25) is 0 Å². The molecule has 2 rings (SSSR count). The number of benzene rings is 1. The number of nitrogens with zero attached hydrogens (tertiary/aromatic N) is 1. The van der Waals surface area contributed by atoms with E-state index < -0.39 is 9.84 Å². The van der Waals surface area contributed by atoms with Crippen molar-refractivity contribution in [1.82, 2.24) is 0 Å². The smallest absolute Gasteiger partial charge is 0.193 e. The SMILES string of the molecule is CCc1cccc(NC(N)=NCc2ccc(S(C)(=O)=O)s2)c1. The minimum atomic E-state index is -3.15. The van der Waals surface area contributed by atoms with E-state index in [-0.39, 0.29) is 0 Å². The molecule has 0 radical (unpaired) electrons. The van der Waals surface area contributed by atoms with Crippen LogP contribution < -0.4 is 11.1 Å². The molecule has 0 unspecified atom stereocenters. The molecule has 0 saturated carbocycles. The van der Waals surface area contributed by atoms with Gasteiger partial charge < -0.3 is 11.1 Å². The van der Waals surface area contributed by atoms with Crippen LogP contribution in [0.3, 0.4) is 0 Å². The van der Waals surface area contributed by atoms with Crippen molar-refractivity contribution in [2.45, 2.75) is 24.1 Å². The first-order chi connectivity index (χ1) is 10.4. The third-order valence-electron chi connectivity index (χ3n) is 3.02. The number of aliphatic imine (C=N–C) groups is 1. The predicted octanol–water partition coefficient (Wildman–Crippen LogP) is 2.64. The minimum Gasteiger partial charge on any atom is -0.370 e. The van der Waals surface area contributed by atoms with Crippen LogP contribution in [0.2, 0.25) is 0 Å². The highest BCUT2D eigenvalue weighted by Gasteiger charge is 2.10. The quantitative estimate of drug-likeness (QED) is 0.649. The molecule has 5 nitrogen and oxygen atoms in total. The number of aryl methyl sites for hydroxylation is 1. The van der Waals surface area contributed by atoms with E-state index in [9.17, 15) is 8.42 Å². The van der Waals surface area contributed by atoms with Gasteiger partial charge in [-0.3, -0.25) is 0 Å². The molecule has 0 spiro atoms. The Kier molecular flexibility index (Phi) is 5.20. The molecular formula is C15H19N3O2S2. The fraction of sp³-hybridized carbons (Fsp3) is 0.267. The molecule has 0 bridgehead atoms. The number of guanidine groups is 1. The van der Waals surface area contributed by atoms with E-state index in [4.69, 9.17) is 5.73 Å². The molecule has 22 heavy (non-hydrogen) atoms. The Morgan fingerprint density at radius 3 is 2.73 bits per heavy atom. The predicted molar refractivity (Wildman–Crippen MR) is 92.2 cm³/mol. The summed E-state index contributed by atoms with van der Waals surface area (Å²) in [7, 11) is -3.15. The highest BCUT2D eigenvalue weighted by Crippen LogP contribution is 2.22. The molecule has 1 heterocycles. The Bertz CT molecular complexity index is 780. The van der Waals surface area contributed by atoms with E-state index in [1.165, 1.54) is 23.2 Å². The average molecular weight is 337 g/mol. The lowest BCUT2D eigenvalue weighted by molar-refractivity contribution is 0.604. The number of nitrogens with one attached hydrogen (secondary N) is 1. The van der Waals surface area contributed by atoms with Crippen molar-refractivity contribution in [3.63, 3.8) is 0 Å². The number of thiophene rings is 1. The summed E-state index contributed by atoms with van der Waals surface area (Å²) < 4.78 is 23.2. The molecule has 0 fully saturated rings. The molecule has 1 aromatic heterocycles. The Morgan fingerprint density at radius 1 is 1.32 bits per heavy atom. The summed E-state index contributed by atoms with van der Waals surface area (Å²) in [6.45, 7) is 2.44. The summed E-state index contributed by atoms with van der Waals surface area (Å²) in [4.78, 5) is 5.09. The zero-order valence-electron chi connectivity index (χ0n) is 12.5. The molecule has 3 N–H and O–H groups in total. The summed E-state index contributed by atoms with van der Waals surface area (Å²) in [5.41, 5.74) is 7.97. The highest BCUT2D eigenvalue weighted by atomic mass is 32.2. The lowest BCUT2D eigenvalue weighted by atomic mass is 10.1.